The van der Waals surface area contributed by atoms with Gasteiger partial charge in [-0.2, -0.15) is 10.4 Å². The fourth-order valence-corrected chi connectivity index (χ4v) is 2.71. The number of nitrogens with one attached hydrogen (secondary N) is 2. The minimum Gasteiger partial charge on any atom is -0.322 e. The molecule has 6 heteroatoms. The van der Waals surface area contributed by atoms with Crippen LogP contribution in [0.2, 0.25) is 0 Å². The van der Waals surface area contributed by atoms with E-state index in [9.17, 15) is 4.79 Å². The van der Waals surface area contributed by atoms with Gasteiger partial charge in [0, 0.05) is 34.6 Å². The molecule has 2 aromatic heterocycles. The quantitative estimate of drug-likeness (QED) is 0.594. The second-order valence-electron chi connectivity index (χ2n) is 5.72. The van der Waals surface area contributed by atoms with Gasteiger partial charge in [0.2, 0.25) is 0 Å². The molecule has 0 radical (unpaired) electrons. The molecule has 1 amide bonds. The number of pyridine rings is 1. The maximum atomic E-state index is 12.4. The molecule has 0 aliphatic heterocycles. The van der Waals surface area contributed by atoms with Crippen molar-refractivity contribution >= 4 is 22.5 Å². The molecule has 2 N–H and O–H groups in total. The summed E-state index contributed by atoms with van der Waals surface area (Å²) in [5.41, 5.74) is 4.22. The first-order valence-corrected chi connectivity index (χ1v) is 7.94. The Labute approximate surface area is 149 Å². The summed E-state index contributed by atoms with van der Waals surface area (Å²) in [5.74, 6) is -0.236. The number of amides is 1. The van der Waals surface area contributed by atoms with Gasteiger partial charge in [-0.05, 0) is 54.6 Å². The van der Waals surface area contributed by atoms with Crippen LogP contribution in [0.4, 0.5) is 5.69 Å². The Morgan fingerprint density at radius 3 is 2.69 bits per heavy atom. The van der Waals surface area contributed by atoms with E-state index >= 15 is 0 Å². The first-order chi connectivity index (χ1) is 12.7. The number of hydrogen-bond acceptors (Lipinski definition) is 4. The van der Waals surface area contributed by atoms with Crippen molar-refractivity contribution in [3.8, 4) is 17.3 Å². The number of anilines is 1. The number of H-pyrrole nitrogens is 1. The third-order valence-electron chi connectivity index (χ3n) is 4.03. The molecule has 124 valence electrons. The van der Waals surface area contributed by atoms with Crippen LogP contribution in [0.15, 0.2) is 67.0 Å². The molecule has 6 nitrogen and oxygen atoms in total. The van der Waals surface area contributed by atoms with E-state index in [1.165, 1.54) is 0 Å². The van der Waals surface area contributed by atoms with Crippen LogP contribution in [0.3, 0.4) is 0 Å². The highest BCUT2D eigenvalue weighted by Gasteiger charge is 2.11. The third-order valence-corrected chi connectivity index (χ3v) is 4.03. The van der Waals surface area contributed by atoms with Crippen LogP contribution < -0.4 is 5.32 Å². The lowest BCUT2D eigenvalue weighted by atomic mass is 10.1. The van der Waals surface area contributed by atoms with Gasteiger partial charge in [0.05, 0.1) is 17.1 Å². The zero-order valence-corrected chi connectivity index (χ0v) is 13.6. The SMILES string of the molecule is N#Cc1ccc(C(=O)Nc2ccc3[nH]nc(-c4cccnc4)c3c2)cc1. The van der Waals surface area contributed by atoms with Crippen molar-refractivity contribution in [2.45, 2.75) is 0 Å². The highest BCUT2D eigenvalue weighted by Crippen LogP contribution is 2.28. The molecule has 2 heterocycles. The van der Waals surface area contributed by atoms with Crippen LogP contribution in [-0.4, -0.2) is 21.1 Å². The highest BCUT2D eigenvalue weighted by molar-refractivity contribution is 6.06. The summed E-state index contributed by atoms with van der Waals surface area (Å²) in [6.45, 7) is 0. The fourth-order valence-electron chi connectivity index (χ4n) is 2.71. The van der Waals surface area contributed by atoms with Crippen molar-refractivity contribution in [2.75, 3.05) is 5.32 Å². The Morgan fingerprint density at radius 1 is 1.12 bits per heavy atom. The van der Waals surface area contributed by atoms with E-state index in [0.717, 1.165) is 22.2 Å². The largest absolute Gasteiger partial charge is 0.322 e. The standard InChI is InChI=1S/C20H13N5O/c21-11-13-3-5-14(6-4-13)20(26)23-16-7-8-18-17(10-16)19(25-24-18)15-2-1-9-22-12-15/h1-10,12H,(H,23,26)(H,24,25). The van der Waals surface area contributed by atoms with Crippen LogP contribution >= 0.6 is 0 Å². The van der Waals surface area contributed by atoms with Crippen LogP contribution in [0, 0.1) is 11.3 Å². The maximum Gasteiger partial charge on any atom is 0.255 e. The van der Waals surface area contributed by atoms with E-state index in [-0.39, 0.29) is 5.91 Å². The van der Waals surface area contributed by atoms with Gasteiger partial charge in [-0.3, -0.25) is 14.9 Å². The first kappa shape index (κ1) is 15.5. The van der Waals surface area contributed by atoms with Gasteiger partial charge in [0.1, 0.15) is 5.69 Å². The molecule has 0 fully saturated rings. The second kappa shape index (κ2) is 6.49. The lowest BCUT2D eigenvalue weighted by Gasteiger charge is -2.06. The highest BCUT2D eigenvalue weighted by atomic mass is 16.1. The van der Waals surface area contributed by atoms with Crippen molar-refractivity contribution in [1.82, 2.24) is 15.2 Å². The lowest BCUT2D eigenvalue weighted by Crippen LogP contribution is -2.11. The molecule has 0 saturated heterocycles. The smallest absolute Gasteiger partial charge is 0.255 e. The Balaban J connectivity index is 1.65. The van der Waals surface area contributed by atoms with Gasteiger partial charge in [0.25, 0.3) is 5.91 Å². The molecule has 26 heavy (non-hydrogen) atoms. The summed E-state index contributed by atoms with van der Waals surface area (Å²) in [4.78, 5) is 16.5. The normalized spacial score (nSPS) is 10.4. The van der Waals surface area contributed by atoms with Crippen molar-refractivity contribution in [2.24, 2.45) is 0 Å². The number of rotatable bonds is 3. The number of benzene rings is 2. The predicted molar refractivity (Wildman–Crippen MR) is 98.4 cm³/mol. The van der Waals surface area contributed by atoms with Crippen LogP contribution in [0.1, 0.15) is 15.9 Å². The summed E-state index contributed by atoms with van der Waals surface area (Å²) in [6.07, 6.45) is 3.46. The Morgan fingerprint density at radius 2 is 1.96 bits per heavy atom. The number of carbonyl (C=O) groups excluding carboxylic acids is 1. The number of carbonyl (C=O) groups is 1. The lowest BCUT2D eigenvalue weighted by molar-refractivity contribution is 0.102. The summed E-state index contributed by atoms with van der Waals surface area (Å²) in [6, 6.07) is 17.9. The molecule has 0 aliphatic carbocycles. The van der Waals surface area contributed by atoms with Crippen molar-refractivity contribution in [1.29, 1.82) is 5.26 Å². The molecule has 0 aliphatic rings. The summed E-state index contributed by atoms with van der Waals surface area (Å²) >= 11 is 0. The number of hydrogen-bond donors (Lipinski definition) is 2. The van der Waals surface area contributed by atoms with E-state index in [1.807, 2.05) is 36.4 Å². The topological polar surface area (TPSA) is 94.5 Å². The van der Waals surface area contributed by atoms with Gasteiger partial charge < -0.3 is 5.32 Å². The van der Waals surface area contributed by atoms with Crippen LogP contribution in [0.5, 0.6) is 0 Å². The predicted octanol–water partition coefficient (Wildman–Crippen LogP) is 3.75. The molecule has 0 saturated carbocycles. The van der Waals surface area contributed by atoms with Gasteiger partial charge in [-0.1, -0.05) is 0 Å². The number of aromatic amines is 1. The summed E-state index contributed by atoms with van der Waals surface area (Å²) in [5, 5.41) is 20.0. The first-order valence-electron chi connectivity index (χ1n) is 7.94. The number of aromatic nitrogens is 3. The Hall–Kier alpha value is -3.98. The number of nitriles is 1. The average Bonchev–Trinajstić information content (AvgIpc) is 3.12. The Bertz CT molecular complexity index is 1120. The van der Waals surface area contributed by atoms with E-state index in [1.54, 1.807) is 36.7 Å². The molecule has 4 rings (SSSR count). The summed E-state index contributed by atoms with van der Waals surface area (Å²) in [7, 11) is 0. The fraction of sp³-hybridized carbons (Fsp3) is 0. The van der Waals surface area contributed by atoms with Gasteiger partial charge in [0.15, 0.2) is 0 Å². The molecule has 2 aromatic carbocycles. The van der Waals surface area contributed by atoms with Crippen LogP contribution in [-0.2, 0) is 0 Å². The maximum absolute atomic E-state index is 12.4. The van der Waals surface area contributed by atoms with E-state index < -0.39 is 0 Å². The van der Waals surface area contributed by atoms with Gasteiger partial charge in [-0.15, -0.1) is 0 Å². The van der Waals surface area contributed by atoms with Gasteiger partial charge >= 0.3 is 0 Å². The molecular weight excluding hydrogens is 326 g/mol. The average molecular weight is 339 g/mol. The third kappa shape index (κ3) is 2.89. The van der Waals surface area contributed by atoms with Crippen molar-refractivity contribution < 1.29 is 4.79 Å². The summed E-state index contributed by atoms with van der Waals surface area (Å²) < 4.78 is 0. The molecule has 0 atom stereocenters. The van der Waals surface area contributed by atoms with Crippen molar-refractivity contribution in [3.63, 3.8) is 0 Å². The zero-order valence-electron chi connectivity index (χ0n) is 13.6. The van der Waals surface area contributed by atoms with E-state index in [4.69, 9.17) is 5.26 Å². The van der Waals surface area contributed by atoms with Gasteiger partial charge in [-0.25, -0.2) is 0 Å². The van der Waals surface area contributed by atoms with Crippen molar-refractivity contribution in [3.05, 3.63) is 78.1 Å². The molecule has 0 unspecified atom stereocenters. The van der Waals surface area contributed by atoms with Crippen LogP contribution in [0.25, 0.3) is 22.2 Å². The van der Waals surface area contributed by atoms with E-state index in [0.29, 0.717) is 16.8 Å². The molecule has 4 aromatic rings. The zero-order chi connectivity index (χ0) is 17.9. The number of nitrogens with zero attached hydrogens (tertiary/aromatic N) is 3. The monoisotopic (exact) mass is 339 g/mol. The second-order valence-corrected chi connectivity index (χ2v) is 5.72. The molecule has 0 bridgehead atoms. The Kier molecular flexibility index (Phi) is 3.88. The van der Waals surface area contributed by atoms with E-state index in [2.05, 4.69) is 20.5 Å². The minimum atomic E-state index is -0.236. The molecular formula is C20H13N5O. The number of fused-ring (bicyclic) bond motifs is 1. The minimum absolute atomic E-state index is 0.236. The molecule has 0 spiro atoms.